The number of hydrogen-bond donors (Lipinski definition) is 0. The van der Waals surface area contributed by atoms with Crippen molar-refractivity contribution in [3.63, 3.8) is 0 Å². The summed E-state index contributed by atoms with van der Waals surface area (Å²) in [6, 6.07) is 9.75. The summed E-state index contributed by atoms with van der Waals surface area (Å²) in [6.45, 7) is 5.66. The Kier molecular flexibility index (Phi) is 4.28. The molecule has 0 radical (unpaired) electrons. The van der Waals surface area contributed by atoms with Gasteiger partial charge in [0.05, 0.1) is 5.69 Å². The first-order chi connectivity index (χ1) is 9.33. The van der Waals surface area contributed by atoms with Crippen molar-refractivity contribution in [3.05, 3.63) is 41.0 Å². The topological polar surface area (TPSA) is 44.1 Å². The van der Waals surface area contributed by atoms with Crippen LogP contribution >= 0.6 is 15.9 Å². The average Bonchev–Trinajstić information content (AvgIpc) is 2.74. The molecule has 0 saturated carbocycles. The molecule has 0 N–H and O–H groups in total. The summed E-state index contributed by atoms with van der Waals surface area (Å²) in [5.41, 5.74) is 1.36. The maximum atomic E-state index is 11.7. The standard InChI is InChI=1S/C15H17BrN2O2/c1-15(2,3)20-14(19)10-18-8-7-13(17-18)11-5-4-6-12(16)9-11/h4-9H,10H2,1-3H3. The second kappa shape index (κ2) is 5.79. The number of aromatic nitrogens is 2. The molecule has 0 aliphatic carbocycles. The van der Waals surface area contributed by atoms with Crippen LogP contribution in [-0.4, -0.2) is 21.4 Å². The van der Waals surface area contributed by atoms with Gasteiger partial charge in [-0.2, -0.15) is 5.10 Å². The lowest BCUT2D eigenvalue weighted by Gasteiger charge is -2.19. The van der Waals surface area contributed by atoms with Crippen LogP contribution in [0.2, 0.25) is 0 Å². The third kappa shape index (κ3) is 4.20. The number of ether oxygens (including phenoxy) is 1. The number of rotatable bonds is 3. The maximum absolute atomic E-state index is 11.7. The molecule has 20 heavy (non-hydrogen) atoms. The third-order valence-electron chi connectivity index (χ3n) is 2.47. The number of nitrogens with zero attached hydrogens (tertiary/aromatic N) is 2. The van der Waals surface area contributed by atoms with Crippen molar-refractivity contribution in [3.8, 4) is 11.3 Å². The molecule has 106 valence electrons. The molecule has 5 heteroatoms. The summed E-state index contributed by atoms with van der Waals surface area (Å²) in [4.78, 5) is 11.7. The van der Waals surface area contributed by atoms with E-state index in [1.165, 1.54) is 0 Å². The van der Waals surface area contributed by atoms with E-state index in [2.05, 4.69) is 21.0 Å². The van der Waals surface area contributed by atoms with Gasteiger partial charge < -0.3 is 4.74 Å². The molecule has 0 aliphatic heterocycles. The van der Waals surface area contributed by atoms with E-state index < -0.39 is 5.60 Å². The maximum Gasteiger partial charge on any atom is 0.328 e. The molecular formula is C15H17BrN2O2. The lowest BCUT2D eigenvalue weighted by Crippen LogP contribution is -2.26. The largest absolute Gasteiger partial charge is 0.459 e. The highest BCUT2D eigenvalue weighted by Crippen LogP contribution is 2.21. The van der Waals surface area contributed by atoms with E-state index in [4.69, 9.17) is 4.74 Å². The highest BCUT2D eigenvalue weighted by Gasteiger charge is 2.16. The summed E-state index contributed by atoms with van der Waals surface area (Å²) in [5.74, 6) is -0.290. The van der Waals surface area contributed by atoms with E-state index in [-0.39, 0.29) is 12.5 Å². The fraction of sp³-hybridized carbons (Fsp3) is 0.333. The van der Waals surface area contributed by atoms with Gasteiger partial charge in [-0.1, -0.05) is 28.1 Å². The molecule has 0 spiro atoms. The minimum absolute atomic E-state index is 0.116. The predicted molar refractivity (Wildman–Crippen MR) is 81.2 cm³/mol. The molecule has 2 aromatic rings. The van der Waals surface area contributed by atoms with Crippen LogP contribution in [0.4, 0.5) is 0 Å². The average molecular weight is 337 g/mol. The van der Waals surface area contributed by atoms with Gasteiger partial charge in [0.2, 0.25) is 0 Å². The van der Waals surface area contributed by atoms with Crippen LogP contribution < -0.4 is 0 Å². The van der Waals surface area contributed by atoms with Gasteiger partial charge in [0.25, 0.3) is 0 Å². The highest BCUT2D eigenvalue weighted by atomic mass is 79.9. The molecule has 2 rings (SSSR count). The molecule has 0 saturated heterocycles. The molecule has 0 aliphatic rings. The van der Waals surface area contributed by atoms with E-state index in [9.17, 15) is 4.79 Å². The minimum atomic E-state index is -0.475. The quantitative estimate of drug-likeness (QED) is 0.803. The summed E-state index contributed by atoms with van der Waals surface area (Å²) in [6.07, 6.45) is 1.78. The van der Waals surface area contributed by atoms with Crippen molar-refractivity contribution < 1.29 is 9.53 Å². The Balaban J connectivity index is 2.08. The van der Waals surface area contributed by atoms with Crippen LogP contribution in [0.1, 0.15) is 20.8 Å². The smallest absolute Gasteiger partial charge is 0.328 e. The lowest BCUT2D eigenvalue weighted by atomic mass is 10.2. The van der Waals surface area contributed by atoms with E-state index in [0.717, 1.165) is 15.7 Å². The molecule has 4 nitrogen and oxygen atoms in total. The zero-order valence-corrected chi connectivity index (χ0v) is 13.3. The molecule has 1 aromatic carbocycles. The van der Waals surface area contributed by atoms with Crippen molar-refractivity contribution in [2.75, 3.05) is 0 Å². The van der Waals surface area contributed by atoms with Crippen LogP contribution in [0.25, 0.3) is 11.3 Å². The number of carbonyl (C=O) groups excluding carboxylic acids is 1. The van der Waals surface area contributed by atoms with Crippen LogP contribution in [-0.2, 0) is 16.1 Å². The molecular weight excluding hydrogens is 320 g/mol. The number of halogens is 1. The number of carbonyl (C=O) groups is 1. The van der Waals surface area contributed by atoms with E-state index in [1.807, 2.05) is 51.1 Å². The van der Waals surface area contributed by atoms with Gasteiger partial charge in [-0.05, 0) is 39.0 Å². The molecule has 0 amide bonds. The monoisotopic (exact) mass is 336 g/mol. The summed E-state index contributed by atoms with van der Waals surface area (Å²) < 4.78 is 7.85. The fourth-order valence-corrected chi connectivity index (χ4v) is 2.16. The van der Waals surface area contributed by atoms with Gasteiger partial charge >= 0.3 is 5.97 Å². The van der Waals surface area contributed by atoms with E-state index in [1.54, 1.807) is 10.9 Å². The molecule has 0 fully saturated rings. The van der Waals surface area contributed by atoms with Crippen LogP contribution in [0, 0.1) is 0 Å². The van der Waals surface area contributed by atoms with Gasteiger partial charge in [0.1, 0.15) is 12.1 Å². The van der Waals surface area contributed by atoms with Crippen molar-refractivity contribution >= 4 is 21.9 Å². The predicted octanol–water partition coefficient (Wildman–Crippen LogP) is 3.65. The first-order valence-electron chi connectivity index (χ1n) is 6.35. The van der Waals surface area contributed by atoms with E-state index >= 15 is 0 Å². The van der Waals surface area contributed by atoms with Gasteiger partial charge in [0.15, 0.2) is 0 Å². The number of benzene rings is 1. The van der Waals surface area contributed by atoms with Gasteiger partial charge in [-0.15, -0.1) is 0 Å². The Morgan fingerprint density at radius 2 is 2.10 bits per heavy atom. The Labute approximate surface area is 126 Å². The summed E-state index contributed by atoms with van der Waals surface area (Å²) in [7, 11) is 0. The zero-order chi connectivity index (χ0) is 14.8. The first-order valence-corrected chi connectivity index (χ1v) is 7.14. The Morgan fingerprint density at radius 3 is 2.75 bits per heavy atom. The van der Waals surface area contributed by atoms with Crippen molar-refractivity contribution in [2.45, 2.75) is 32.9 Å². The second-order valence-corrected chi connectivity index (χ2v) is 6.41. The number of hydrogen-bond acceptors (Lipinski definition) is 3. The van der Waals surface area contributed by atoms with Crippen molar-refractivity contribution in [1.29, 1.82) is 0 Å². The number of esters is 1. The molecule has 0 unspecified atom stereocenters. The Morgan fingerprint density at radius 1 is 1.35 bits per heavy atom. The summed E-state index contributed by atoms with van der Waals surface area (Å²) >= 11 is 3.43. The molecule has 1 aromatic heterocycles. The summed E-state index contributed by atoms with van der Waals surface area (Å²) in [5, 5.41) is 4.39. The fourth-order valence-electron chi connectivity index (χ4n) is 1.76. The van der Waals surface area contributed by atoms with Crippen molar-refractivity contribution in [2.24, 2.45) is 0 Å². The Bertz CT molecular complexity index is 614. The normalized spacial score (nSPS) is 11.4. The third-order valence-corrected chi connectivity index (χ3v) is 2.97. The molecule has 0 bridgehead atoms. The zero-order valence-electron chi connectivity index (χ0n) is 11.8. The minimum Gasteiger partial charge on any atom is -0.459 e. The van der Waals surface area contributed by atoms with Crippen LogP contribution in [0.15, 0.2) is 41.0 Å². The van der Waals surface area contributed by atoms with Gasteiger partial charge in [-0.3, -0.25) is 9.48 Å². The second-order valence-electron chi connectivity index (χ2n) is 5.50. The lowest BCUT2D eigenvalue weighted by molar-refractivity contribution is -0.155. The molecule has 1 heterocycles. The van der Waals surface area contributed by atoms with Crippen molar-refractivity contribution in [1.82, 2.24) is 9.78 Å². The SMILES string of the molecule is CC(C)(C)OC(=O)Cn1ccc(-c2cccc(Br)c2)n1. The first kappa shape index (κ1) is 14.8. The highest BCUT2D eigenvalue weighted by molar-refractivity contribution is 9.10. The van der Waals surface area contributed by atoms with E-state index in [0.29, 0.717) is 0 Å². The van der Waals surface area contributed by atoms with Crippen LogP contribution in [0.3, 0.4) is 0 Å². The molecule has 0 atom stereocenters. The Hall–Kier alpha value is -1.62. The van der Waals surface area contributed by atoms with Gasteiger partial charge in [0, 0.05) is 16.2 Å². The van der Waals surface area contributed by atoms with Crippen LogP contribution in [0.5, 0.6) is 0 Å². The van der Waals surface area contributed by atoms with Gasteiger partial charge in [-0.25, -0.2) is 0 Å².